The summed E-state index contributed by atoms with van der Waals surface area (Å²) in [5.41, 5.74) is 0. The Morgan fingerprint density at radius 3 is 2.87 bits per heavy atom. The number of hydrogen-bond donors (Lipinski definition) is 1. The Kier molecular flexibility index (Phi) is 5.90. The van der Waals surface area contributed by atoms with Gasteiger partial charge in [0.2, 0.25) is 0 Å². The molecule has 4 heteroatoms. The van der Waals surface area contributed by atoms with Crippen molar-refractivity contribution in [2.24, 2.45) is 0 Å². The zero-order valence-corrected chi connectivity index (χ0v) is 10.4. The molecule has 2 aliphatic heterocycles. The van der Waals surface area contributed by atoms with Crippen LogP contribution in [-0.4, -0.2) is 50.3 Å². The average molecular weight is 235 g/mol. The van der Waals surface area contributed by atoms with Crippen molar-refractivity contribution in [3.63, 3.8) is 0 Å². The van der Waals surface area contributed by atoms with Gasteiger partial charge in [0.1, 0.15) is 0 Å². The van der Waals surface area contributed by atoms with Crippen molar-refractivity contribution in [1.29, 1.82) is 0 Å². The van der Waals surface area contributed by atoms with E-state index in [1.54, 1.807) is 0 Å². The highest BCUT2D eigenvalue weighted by molar-refractivity contribution is 5.85. The minimum absolute atomic E-state index is 0. The molecule has 2 aliphatic rings. The van der Waals surface area contributed by atoms with Crippen molar-refractivity contribution in [1.82, 2.24) is 10.2 Å². The molecule has 3 nitrogen and oxygen atoms in total. The average Bonchev–Trinajstić information content (AvgIpc) is 2.68. The third-order valence-electron chi connectivity index (χ3n) is 3.52. The number of nitrogens with zero attached hydrogens (tertiary/aromatic N) is 1. The Balaban J connectivity index is 0.00000112. The summed E-state index contributed by atoms with van der Waals surface area (Å²) in [7, 11) is 1.82. The summed E-state index contributed by atoms with van der Waals surface area (Å²) < 4.78 is 5.28. The lowest BCUT2D eigenvalue weighted by molar-refractivity contribution is 0.0795. The van der Waals surface area contributed by atoms with Crippen LogP contribution in [0.2, 0.25) is 0 Å². The van der Waals surface area contributed by atoms with Crippen LogP contribution in [0.25, 0.3) is 0 Å². The zero-order valence-electron chi connectivity index (χ0n) is 9.58. The fourth-order valence-electron chi connectivity index (χ4n) is 2.83. The van der Waals surface area contributed by atoms with Crippen molar-refractivity contribution in [2.75, 3.05) is 33.4 Å². The van der Waals surface area contributed by atoms with Crippen molar-refractivity contribution in [3.05, 3.63) is 0 Å². The maximum Gasteiger partial charge on any atom is 0.0618 e. The molecule has 0 aromatic rings. The molecule has 0 amide bonds. The molecular weight excluding hydrogens is 212 g/mol. The molecule has 0 aliphatic carbocycles. The van der Waals surface area contributed by atoms with Crippen LogP contribution in [0, 0.1) is 0 Å². The fraction of sp³-hybridized carbons (Fsp3) is 1.00. The molecule has 2 fully saturated rings. The first-order chi connectivity index (χ1) is 6.92. The van der Waals surface area contributed by atoms with E-state index in [2.05, 4.69) is 10.2 Å². The van der Waals surface area contributed by atoms with Gasteiger partial charge in [-0.05, 0) is 38.8 Å². The molecule has 2 heterocycles. The summed E-state index contributed by atoms with van der Waals surface area (Å²) in [5, 5.41) is 3.49. The van der Waals surface area contributed by atoms with Gasteiger partial charge in [0.15, 0.2) is 0 Å². The smallest absolute Gasteiger partial charge is 0.0618 e. The van der Waals surface area contributed by atoms with Gasteiger partial charge in [-0.2, -0.15) is 0 Å². The first-order valence-electron chi connectivity index (χ1n) is 5.87. The number of ether oxygens (including phenoxy) is 1. The van der Waals surface area contributed by atoms with Crippen molar-refractivity contribution >= 4 is 12.4 Å². The summed E-state index contributed by atoms with van der Waals surface area (Å²) in [5.74, 6) is 0. The molecule has 0 bridgehead atoms. The SMILES string of the molecule is COCC1CCCN1C1CCCNC1.Cl. The minimum Gasteiger partial charge on any atom is -0.383 e. The summed E-state index contributed by atoms with van der Waals surface area (Å²) in [6, 6.07) is 1.45. The molecule has 0 saturated carbocycles. The standard InChI is InChI=1S/C11H22N2O.ClH/c1-14-9-11-5-3-7-13(11)10-4-2-6-12-8-10;/h10-12H,2-9H2,1H3;1H. The largest absolute Gasteiger partial charge is 0.383 e. The van der Waals surface area contributed by atoms with Crippen LogP contribution >= 0.6 is 12.4 Å². The maximum atomic E-state index is 5.28. The van der Waals surface area contributed by atoms with E-state index in [1.165, 1.54) is 45.3 Å². The third kappa shape index (κ3) is 3.31. The van der Waals surface area contributed by atoms with E-state index in [0.717, 1.165) is 12.6 Å². The van der Waals surface area contributed by atoms with Crippen LogP contribution in [0.5, 0.6) is 0 Å². The van der Waals surface area contributed by atoms with E-state index < -0.39 is 0 Å². The molecule has 0 spiro atoms. The molecule has 15 heavy (non-hydrogen) atoms. The van der Waals surface area contributed by atoms with E-state index in [1.807, 2.05) is 7.11 Å². The number of nitrogens with one attached hydrogen (secondary N) is 1. The van der Waals surface area contributed by atoms with E-state index in [0.29, 0.717) is 6.04 Å². The Morgan fingerprint density at radius 2 is 2.20 bits per heavy atom. The molecule has 0 radical (unpaired) electrons. The highest BCUT2D eigenvalue weighted by Gasteiger charge is 2.30. The lowest BCUT2D eigenvalue weighted by atomic mass is 10.1. The van der Waals surface area contributed by atoms with Gasteiger partial charge >= 0.3 is 0 Å². The Hall–Kier alpha value is 0.170. The zero-order chi connectivity index (χ0) is 9.80. The first kappa shape index (κ1) is 13.2. The van der Waals surface area contributed by atoms with Gasteiger partial charge in [-0.3, -0.25) is 4.90 Å². The van der Waals surface area contributed by atoms with Gasteiger partial charge in [-0.25, -0.2) is 0 Å². The van der Waals surface area contributed by atoms with Gasteiger partial charge < -0.3 is 10.1 Å². The normalized spacial score (nSPS) is 32.6. The quantitative estimate of drug-likeness (QED) is 0.796. The Labute approximate surface area is 99.0 Å². The van der Waals surface area contributed by atoms with Crippen LogP contribution in [0.15, 0.2) is 0 Å². The third-order valence-corrected chi connectivity index (χ3v) is 3.52. The number of methoxy groups -OCH3 is 1. The molecule has 2 saturated heterocycles. The Morgan fingerprint density at radius 1 is 1.33 bits per heavy atom. The highest BCUT2D eigenvalue weighted by Crippen LogP contribution is 2.23. The summed E-state index contributed by atoms with van der Waals surface area (Å²) in [6.07, 6.45) is 5.38. The highest BCUT2D eigenvalue weighted by atomic mass is 35.5. The second-order valence-corrected chi connectivity index (χ2v) is 4.49. The van der Waals surface area contributed by atoms with Crippen molar-refractivity contribution in [2.45, 2.75) is 37.8 Å². The summed E-state index contributed by atoms with van der Waals surface area (Å²) in [4.78, 5) is 2.66. The molecule has 2 unspecified atom stereocenters. The van der Waals surface area contributed by atoms with E-state index in [4.69, 9.17) is 4.74 Å². The lowest BCUT2D eigenvalue weighted by Crippen LogP contribution is -2.49. The predicted molar refractivity (Wildman–Crippen MR) is 64.7 cm³/mol. The second-order valence-electron chi connectivity index (χ2n) is 4.49. The molecule has 0 aromatic carbocycles. The summed E-state index contributed by atoms with van der Waals surface area (Å²) >= 11 is 0. The van der Waals surface area contributed by atoms with Crippen LogP contribution in [0.4, 0.5) is 0 Å². The number of halogens is 1. The van der Waals surface area contributed by atoms with Gasteiger partial charge in [-0.1, -0.05) is 0 Å². The van der Waals surface area contributed by atoms with E-state index >= 15 is 0 Å². The summed E-state index contributed by atoms with van der Waals surface area (Å²) in [6.45, 7) is 4.58. The fourth-order valence-corrected chi connectivity index (χ4v) is 2.83. The number of likely N-dealkylation sites (tertiary alicyclic amines) is 1. The van der Waals surface area contributed by atoms with Gasteiger partial charge in [0.05, 0.1) is 6.61 Å². The number of hydrogen-bond acceptors (Lipinski definition) is 3. The van der Waals surface area contributed by atoms with Crippen LogP contribution in [0.1, 0.15) is 25.7 Å². The Bertz CT molecular complexity index is 174. The number of piperidine rings is 1. The minimum atomic E-state index is 0. The van der Waals surface area contributed by atoms with Crippen molar-refractivity contribution in [3.8, 4) is 0 Å². The lowest BCUT2D eigenvalue weighted by Gasteiger charge is -2.35. The van der Waals surface area contributed by atoms with Gasteiger partial charge in [0.25, 0.3) is 0 Å². The van der Waals surface area contributed by atoms with Crippen LogP contribution in [-0.2, 0) is 4.74 Å². The molecule has 2 atom stereocenters. The van der Waals surface area contributed by atoms with E-state index in [9.17, 15) is 0 Å². The molecule has 90 valence electrons. The second kappa shape index (κ2) is 6.69. The molecular formula is C11H23ClN2O. The topological polar surface area (TPSA) is 24.5 Å². The van der Waals surface area contributed by atoms with Gasteiger partial charge in [0, 0.05) is 25.7 Å². The maximum absolute atomic E-state index is 5.28. The molecule has 2 rings (SSSR count). The molecule has 1 N–H and O–H groups in total. The first-order valence-corrected chi connectivity index (χ1v) is 5.87. The number of rotatable bonds is 3. The predicted octanol–water partition coefficient (Wildman–Crippen LogP) is 1.27. The monoisotopic (exact) mass is 234 g/mol. The van der Waals surface area contributed by atoms with E-state index in [-0.39, 0.29) is 12.4 Å². The van der Waals surface area contributed by atoms with Crippen LogP contribution < -0.4 is 5.32 Å². The van der Waals surface area contributed by atoms with Crippen LogP contribution in [0.3, 0.4) is 0 Å². The van der Waals surface area contributed by atoms with Gasteiger partial charge in [-0.15, -0.1) is 12.4 Å². The van der Waals surface area contributed by atoms with Crippen molar-refractivity contribution < 1.29 is 4.74 Å². The molecule has 0 aromatic heterocycles.